The summed E-state index contributed by atoms with van der Waals surface area (Å²) in [5, 5.41) is 2.36. The molecule has 3 aliphatic heterocycles. The van der Waals surface area contributed by atoms with Gasteiger partial charge in [0.2, 0.25) is 0 Å². The van der Waals surface area contributed by atoms with Crippen LogP contribution in [0.1, 0.15) is 53.4 Å². The SMILES string of the molecule is CC.CC.CNN1CCC(CN2C3CCC2CN(C)C3)CC1. The highest BCUT2D eigenvalue weighted by Crippen LogP contribution is 2.31. The average molecular weight is 313 g/mol. The molecular formula is C18H40N4. The molecule has 2 bridgehead atoms. The Morgan fingerprint density at radius 1 is 0.864 bits per heavy atom. The van der Waals surface area contributed by atoms with Gasteiger partial charge in [0, 0.05) is 44.8 Å². The van der Waals surface area contributed by atoms with Gasteiger partial charge < -0.3 is 4.90 Å². The van der Waals surface area contributed by atoms with Gasteiger partial charge in [-0.25, -0.2) is 5.01 Å². The number of piperazine rings is 1. The number of hydrogen-bond donors (Lipinski definition) is 1. The van der Waals surface area contributed by atoms with Gasteiger partial charge >= 0.3 is 0 Å². The fraction of sp³-hybridized carbons (Fsp3) is 1.00. The van der Waals surface area contributed by atoms with E-state index in [0.29, 0.717) is 0 Å². The predicted molar refractivity (Wildman–Crippen MR) is 97.1 cm³/mol. The Kier molecular flexibility index (Phi) is 9.57. The zero-order valence-electron chi connectivity index (χ0n) is 15.9. The number of nitrogens with one attached hydrogen (secondary N) is 1. The van der Waals surface area contributed by atoms with Crippen LogP contribution in [0.15, 0.2) is 0 Å². The molecule has 0 aromatic rings. The predicted octanol–water partition coefficient (Wildman–Crippen LogP) is 2.66. The van der Waals surface area contributed by atoms with Gasteiger partial charge in [-0.05, 0) is 45.7 Å². The van der Waals surface area contributed by atoms with E-state index in [1.807, 2.05) is 34.7 Å². The van der Waals surface area contributed by atoms with Crippen molar-refractivity contribution in [2.75, 3.05) is 46.8 Å². The van der Waals surface area contributed by atoms with Gasteiger partial charge in [-0.15, -0.1) is 0 Å². The molecule has 22 heavy (non-hydrogen) atoms. The van der Waals surface area contributed by atoms with Crippen molar-refractivity contribution >= 4 is 0 Å². The van der Waals surface area contributed by atoms with Crippen LogP contribution in [0.25, 0.3) is 0 Å². The number of rotatable bonds is 3. The van der Waals surface area contributed by atoms with Gasteiger partial charge in [0.25, 0.3) is 0 Å². The van der Waals surface area contributed by atoms with Crippen LogP contribution in [0.3, 0.4) is 0 Å². The number of likely N-dealkylation sites (tertiary alicyclic amines) is 1. The van der Waals surface area contributed by atoms with Crippen LogP contribution in [0.4, 0.5) is 0 Å². The second-order valence-corrected chi connectivity index (χ2v) is 6.46. The Morgan fingerprint density at radius 3 is 1.82 bits per heavy atom. The van der Waals surface area contributed by atoms with Crippen LogP contribution in [0.2, 0.25) is 0 Å². The number of fused-ring (bicyclic) bond motifs is 2. The van der Waals surface area contributed by atoms with Crippen molar-refractivity contribution in [1.82, 2.24) is 20.2 Å². The molecule has 3 aliphatic rings. The van der Waals surface area contributed by atoms with Crippen molar-refractivity contribution < 1.29 is 0 Å². The summed E-state index contributed by atoms with van der Waals surface area (Å²) in [6, 6.07) is 1.71. The van der Waals surface area contributed by atoms with E-state index in [4.69, 9.17) is 0 Å². The maximum absolute atomic E-state index is 3.28. The van der Waals surface area contributed by atoms with Crippen LogP contribution in [0, 0.1) is 5.92 Å². The standard InChI is InChI=1S/C14H28N4.2C2H6/c1-15-17-7-5-12(6-8-17)9-18-13-3-4-14(18)11-16(2)10-13;2*1-2/h12-15H,3-11H2,1-2H3;2*1-2H3. The molecule has 3 saturated heterocycles. The van der Waals surface area contributed by atoms with Crippen LogP contribution < -0.4 is 5.43 Å². The molecule has 3 heterocycles. The molecule has 0 spiro atoms. The first-order chi connectivity index (χ1) is 10.8. The molecular weight excluding hydrogens is 272 g/mol. The van der Waals surface area contributed by atoms with Crippen molar-refractivity contribution in [1.29, 1.82) is 0 Å². The Hall–Kier alpha value is -0.160. The maximum atomic E-state index is 3.28. The normalized spacial score (nSPS) is 30.3. The summed E-state index contributed by atoms with van der Waals surface area (Å²) in [6.07, 6.45) is 5.61. The highest BCUT2D eigenvalue weighted by atomic mass is 15.5. The van der Waals surface area contributed by atoms with Crippen LogP contribution in [-0.2, 0) is 0 Å². The lowest BCUT2D eigenvalue weighted by Crippen LogP contribution is -2.54. The molecule has 132 valence electrons. The van der Waals surface area contributed by atoms with E-state index < -0.39 is 0 Å². The summed E-state index contributed by atoms with van der Waals surface area (Å²) in [6.45, 7) is 14.4. The molecule has 2 unspecified atom stereocenters. The molecule has 4 nitrogen and oxygen atoms in total. The lowest BCUT2D eigenvalue weighted by Gasteiger charge is -2.42. The zero-order chi connectivity index (χ0) is 16.5. The number of hydrazine groups is 1. The van der Waals surface area contributed by atoms with E-state index in [2.05, 4.69) is 27.3 Å². The molecule has 2 atom stereocenters. The topological polar surface area (TPSA) is 21.8 Å². The van der Waals surface area contributed by atoms with Gasteiger partial charge in [-0.3, -0.25) is 10.3 Å². The quantitative estimate of drug-likeness (QED) is 0.865. The first kappa shape index (κ1) is 19.9. The van der Waals surface area contributed by atoms with E-state index in [1.54, 1.807) is 0 Å². The van der Waals surface area contributed by atoms with Crippen molar-refractivity contribution in [3.05, 3.63) is 0 Å². The fourth-order valence-electron chi connectivity index (χ4n) is 4.14. The van der Waals surface area contributed by atoms with Gasteiger partial charge in [0.05, 0.1) is 0 Å². The summed E-state index contributed by atoms with van der Waals surface area (Å²) >= 11 is 0. The lowest BCUT2D eigenvalue weighted by atomic mass is 9.96. The van der Waals surface area contributed by atoms with E-state index in [9.17, 15) is 0 Å². The van der Waals surface area contributed by atoms with E-state index in [-0.39, 0.29) is 0 Å². The number of likely N-dealkylation sites (N-methyl/N-ethyl adjacent to an activating group) is 1. The van der Waals surface area contributed by atoms with E-state index in [0.717, 1.165) is 18.0 Å². The third-order valence-corrected chi connectivity index (χ3v) is 5.22. The minimum absolute atomic E-state index is 0.857. The zero-order valence-corrected chi connectivity index (χ0v) is 15.9. The average Bonchev–Trinajstić information content (AvgIpc) is 2.82. The molecule has 0 aromatic heterocycles. The fourth-order valence-corrected chi connectivity index (χ4v) is 4.14. The van der Waals surface area contributed by atoms with Crippen molar-refractivity contribution in [3.8, 4) is 0 Å². The largest absolute Gasteiger partial charge is 0.303 e. The molecule has 0 aromatic carbocycles. The number of nitrogens with zero attached hydrogens (tertiary/aromatic N) is 3. The Bertz CT molecular complexity index is 262. The van der Waals surface area contributed by atoms with Crippen LogP contribution >= 0.6 is 0 Å². The highest BCUT2D eigenvalue weighted by molar-refractivity contribution is 4.95. The Balaban J connectivity index is 0.000000561. The molecule has 4 heteroatoms. The van der Waals surface area contributed by atoms with Gasteiger partial charge in [0.1, 0.15) is 0 Å². The molecule has 0 saturated carbocycles. The summed E-state index contributed by atoms with van der Waals surface area (Å²) in [5.41, 5.74) is 3.28. The third kappa shape index (κ3) is 5.19. The first-order valence-corrected chi connectivity index (χ1v) is 9.63. The minimum atomic E-state index is 0.857. The minimum Gasteiger partial charge on any atom is -0.303 e. The first-order valence-electron chi connectivity index (χ1n) is 9.63. The summed E-state index contributed by atoms with van der Waals surface area (Å²) in [7, 11) is 4.33. The second-order valence-electron chi connectivity index (χ2n) is 6.46. The van der Waals surface area contributed by atoms with Crippen molar-refractivity contribution in [3.63, 3.8) is 0 Å². The molecule has 3 rings (SSSR count). The lowest BCUT2D eigenvalue weighted by molar-refractivity contribution is 0.0477. The van der Waals surface area contributed by atoms with E-state index >= 15 is 0 Å². The summed E-state index contributed by atoms with van der Waals surface area (Å²) in [5.74, 6) is 0.932. The van der Waals surface area contributed by atoms with Gasteiger partial charge in [-0.2, -0.15) is 0 Å². The maximum Gasteiger partial charge on any atom is 0.0227 e. The van der Waals surface area contributed by atoms with Crippen LogP contribution in [-0.4, -0.2) is 73.7 Å². The summed E-state index contributed by atoms with van der Waals surface area (Å²) < 4.78 is 0. The molecule has 0 aliphatic carbocycles. The number of piperidine rings is 1. The number of hydrogen-bond acceptors (Lipinski definition) is 4. The highest BCUT2D eigenvalue weighted by Gasteiger charge is 2.39. The third-order valence-electron chi connectivity index (χ3n) is 5.22. The molecule has 0 amide bonds. The van der Waals surface area contributed by atoms with Crippen molar-refractivity contribution in [2.45, 2.75) is 65.5 Å². The smallest absolute Gasteiger partial charge is 0.0227 e. The monoisotopic (exact) mass is 312 g/mol. The van der Waals surface area contributed by atoms with E-state index in [1.165, 1.54) is 58.4 Å². The van der Waals surface area contributed by atoms with Gasteiger partial charge in [0.15, 0.2) is 0 Å². The molecule has 3 fully saturated rings. The molecule has 1 N–H and O–H groups in total. The Labute approximate surface area is 139 Å². The second kappa shape index (κ2) is 10.6. The van der Waals surface area contributed by atoms with Crippen LogP contribution in [0.5, 0.6) is 0 Å². The Morgan fingerprint density at radius 2 is 1.36 bits per heavy atom. The molecule has 0 radical (unpaired) electrons. The van der Waals surface area contributed by atoms with Gasteiger partial charge in [-0.1, -0.05) is 27.7 Å². The summed E-state index contributed by atoms with van der Waals surface area (Å²) in [4.78, 5) is 5.38. The van der Waals surface area contributed by atoms with Crippen molar-refractivity contribution in [2.24, 2.45) is 5.92 Å².